The summed E-state index contributed by atoms with van der Waals surface area (Å²) in [6.07, 6.45) is 11.2. The van der Waals surface area contributed by atoms with E-state index in [0.29, 0.717) is 38.0 Å². The molecule has 3 aliphatic heterocycles. The van der Waals surface area contributed by atoms with E-state index in [0.717, 1.165) is 16.3 Å². The summed E-state index contributed by atoms with van der Waals surface area (Å²) in [7, 11) is -3.94. The van der Waals surface area contributed by atoms with Crippen LogP contribution in [0.3, 0.4) is 0 Å². The van der Waals surface area contributed by atoms with Gasteiger partial charge in [0.1, 0.15) is 23.7 Å². The second kappa shape index (κ2) is 15.2. The van der Waals surface area contributed by atoms with Gasteiger partial charge in [-0.1, -0.05) is 43.0 Å². The van der Waals surface area contributed by atoms with Crippen LogP contribution in [0.1, 0.15) is 56.9 Å². The summed E-state index contributed by atoms with van der Waals surface area (Å²) in [5, 5.41) is 6.46. The molecule has 2 aromatic rings. The Hall–Kier alpha value is -5.25. The van der Waals surface area contributed by atoms with Gasteiger partial charge >= 0.3 is 6.09 Å². The van der Waals surface area contributed by atoms with Gasteiger partial charge in [-0.05, 0) is 74.1 Å². The van der Waals surface area contributed by atoms with Crippen molar-refractivity contribution in [2.75, 3.05) is 26.2 Å². The molecule has 5 atom stereocenters. The number of nitrogens with one attached hydrogen (secondary N) is 3. The maximum Gasteiger partial charge on any atom is 0.407 e. The molecule has 7 rings (SSSR count). The first-order chi connectivity index (χ1) is 26.0. The SMILES string of the molecule is C=CC(=O)N1CC/C=C\[C@@H]2C[C@@]2(C(=O)NS(=O)(=O)C2CC2)NC(=O)[C@@H]2C[C@@H]3CN2C(=O)[C@H](CC1)NC(=O)OCCC/C=C/c1ccc2ccnc(c2c1)O3. The number of nitrogens with zero attached hydrogens (tertiary/aromatic N) is 3. The Bertz CT molecular complexity index is 2030. The third kappa shape index (κ3) is 7.98. The van der Waals surface area contributed by atoms with Crippen LogP contribution in [0, 0.1) is 5.92 Å². The highest BCUT2D eigenvalue weighted by Crippen LogP contribution is 2.46. The molecule has 1 saturated heterocycles. The minimum absolute atomic E-state index is 0.00201. The maximum absolute atomic E-state index is 14.6. The molecule has 3 N–H and O–H groups in total. The number of rotatable bonds is 4. The molecule has 286 valence electrons. The van der Waals surface area contributed by atoms with Crippen molar-refractivity contribution in [1.82, 2.24) is 30.1 Å². The van der Waals surface area contributed by atoms with Crippen LogP contribution in [-0.2, 0) is 33.9 Å². The molecule has 2 saturated carbocycles. The van der Waals surface area contributed by atoms with Gasteiger partial charge in [0, 0.05) is 37.0 Å². The molecule has 3 fully saturated rings. The van der Waals surface area contributed by atoms with Gasteiger partial charge in [0.15, 0.2) is 0 Å². The Morgan fingerprint density at radius 2 is 1.91 bits per heavy atom. The van der Waals surface area contributed by atoms with Gasteiger partial charge in [0.2, 0.25) is 33.6 Å². The summed E-state index contributed by atoms with van der Waals surface area (Å²) >= 11 is 0. The number of amides is 5. The number of pyridine rings is 1. The highest BCUT2D eigenvalue weighted by atomic mass is 32.2. The van der Waals surface area contributed by atoms with E-state index >= 15 is 0 Å². The molecule has 0 radical (unpaired) electrons. The van der Waals surface area contributed by atoms with Crippen LogP contribution in [-0.4, -0.2) is 108 Å². The minimum atomic E-state index is -3.94. The maximum atomic E-state index is 14.6. The van der Waals surface area contributed by atoms with Gasteiger partial charge in [-0.25, -0.2) is 18.2 Å². The summed E-state index contributed by atoms with van der Waals surface area (Å²) in [6.45, 7) is 3.93. The van der Waals surface area contributed by atoms with Crippen molar-refractivity contribution in [2.24, 2.45) is 5.92 Å². The average molecular weight is 761 g/mol. The summed E-state index contributed by atoms with van der Waals surface area (Å²) in [6, 6.07) is 5.33. The largest absolute Gasteiger partial charge is 0.472 e. The van der Waals surface area contributed by atoms with Crippen molar-refractivity contribution in [3.63, 3.8) is 0 Å². The third-order valence-corrected chi connectivity index (χ3v) is 12.4. The highest BCUT2D eigenvalue weighted by molar-refractivity contribution is 7.91. The van der Waals surface area contributed by atoms with E-state index in [9.17, 15) is 32.4 Å². The van der Waals surface area contributed by atoms with Gasteiger partial charge in [0.25, 0.3) is 5.91 Å². The number of carbonyl (C=O) groups excluding carboxylic acids is 5. The Morgan fingerprint density at radius 1 is 1.07 bits per heavy atom. The molecule has 54 heavy (non-hydrogen) atoms. The number of allylic oxidation sites excluding steroid dienone is 1. The summed E-state index contributed by atoms with van der Waals surface area (Å²) < 4.78 is 39.8. The van der Waals surface area contributed by atoms with Crippen LogP contribution in [0.2, 0.25) is 0 Å². The number of cyclic esters (lactones) is 1. The lowest BCUT2D eigenvalue weighted by Gasteiger charge is -2.30. The zero-order chi connectivity index (χ0) is 38.0. The first-order valence-corrected chi connectivity index (χ1v) is 19.9. The summed E-state index contributed by atoms with van der Waals surface area (Å²) in [4.78, 5) is 76.0. The highest BCUT2D eigenvalue weighted by Gasteiger charge is 2.62. The zero-order valence-corrected chi connectivity index (χ0v) is 30.6. The molecule has 16 heteroatoms. The molecule has 0 spiro atoms. The van der Waals surface area contributed by atoms with E-state index in [1.165, 1.54) is 15.9 Å². The van der Waals surface area contributed by atoms with E-state index in [-0.39, 0.29) is 51.4 Å². The molecule has 1 aromatic carbocycles. The molecule has 1 aromatic heterocycles. The number of hydrogen-bond acceptors (Lipinski definition) is 10. The number of alkyl carbamates (subject to hydrolysis) is 1. The average Bonchev–Trinajstić information content (AvgIpc) is 4.08. The van der Waals surface area contributed by atoms with Crippen LogP contribution in [0.4, 0.5) is 4.79 Å². The van der Waals surface area contributed by atoms with Gasteiger partial charge in [-0.3, -0.25) is 23.9 Å². The smallest absolute Gasteiger partial charge is 0.407 e. The molecule has 0 unspecified atom stereocenters. The molecule has 5 bridgehead atoms. The van der Waals surface area contributed by atoms with Crippen molar-refractivity contribution >= 4 is 56.6 Å². The normalized spacial score (nSPS) is 29.1. The summed E-state index contributed by atoms with van der Waals surface area (Å²) in [5.41, 5.74) is -0.685. The van der Waals surface area contributed by atoms with Crippen LogP contribution in [0.25, 0.3) is 16.8 Å². The fourth-order valence-corrected chi connectivity index (χ4v) is 8.68. The van der Waals surface area contributed by atoms with Crippen molar-refractivity contribution in [3.8, 4) is 5.88 Å². The lowest BCUT2D eigenvalue weighted by atomic mass is 10.1. The van der Waals surface area contributed by atoms with Crippen molar-refractivity contribution in [3.05, 3.63) is 66.9 Å². The first-order valence-electron chi connectivity index (χ1n) is 18.4. The van der Waals surface area contributed by atoms with Crippen molar-refractivity contribution in [1.29, 1.82) is 0 Å². The zero-order valence-electron chi connectivity index (χ0n) is 29.8. The number of sulfonamides is 1. The van der Waals surface area contributed by atoms with E-state index in [4.69, 9.17) is 9.47 Å². The number of benzene rings is 1. The standard InChI is InChI=1S/C38H44N6O9S/c1-2-32(45)43-17-6-5-9-26-22-38(26,36(48)42-54(50,51)28-12-13-28)41-33(46)31-21-27-23-44(31)35(47)30(15-18-43)40-37(49)52-19-7-3-4-8-24-10-11-25-14-16-39-34(53-27)29(25)20-24/h2,4-5,8-11,14,16,20,26-28,30-31H,1,3,6-7,12-13,15,17-19,21-23H2,(H,40,49)(H,41,46)(H,42,48)/b8-4+,9-5-/t26-,27-,30+,31+,38-/m1/s1. The molecule has 5 aliphatic rings. The van der Waals surface area contributed by atoms with Crippen molar-refractivity contribution < 1.29 is 41.9 Å². The van der Waals surface area contributed by atoms with E-state index < -0.39 is 68.7 Å². The fourth-order valence-electron chi connectivity index (χ4n) is 7.32. The van der Waals surface area contributed by atoms with Gasteiger partial charge in [-0.15, -0.1) is 0 Å². The number of fused-ring (bicyclic) bond motifs is 4. The monoisotopic (exact) mass is 760 g/mol. The van der Waals surface area contributed by atoms with Gasteiger partial charge in [-0.2, -0.15) is 0 Å². The molecule has 2 aliphatic carbocycles. The third-order valence-electron chi connectivity index (χ3n) is 10.6. The Balaban J connectivity index is 1.26. The Morgan fingerprint density at radius 3 is 2.70 bits per heavy atom. The predicted octanol–water partition coefficient (Wildman–Crippen LogP) is 2.33. The lowest BCUT2D eigenvalue weighted by molar-refractivity contribution is -0.141. The van der Waals surface area contributed by atoms with Crippen LogP contribution in [0.5, 0.6) is 5.88 Å². The summed E-state index contributed by atoms with van der Waals surface area (Å²) in [5.74, 6) is -2.74. The van der Waals surface area contributed by atoms with Crippen molar-refractivity contribution in [2.45, 2.75) is 80.3 Å². The lowest BCUT2D eigenvalue weighted by Crippen LogP contribution is -2.58. The molecular formula is C38H44N6O9S. The topological polar surface area (TPSA) is 193 Å². The first kappa shape index (κ1) is 37.1. The Kier molecular flexibility index (Phi) is 10.5. The van der Waals surface area contributed by atoms with Gasteiger partial charge < -0.3 is 29.9 Å². The molecule has 4 heterocycles. The second-order valence-corrected chi connectivity index (χ2v) is 16.4. The van der Waals surface area contributed by atoms with E-state index in [1.807, 2.05) is 36.4 Å². The molecular weight excluding hydrogens is 717 g/mol. The number of hydrogen-bond donors (Lipinski definition) is 3. The predicted molar refractivity (Wildman–Crippen MR) is 197 cm³/mol. The van der Waals surface area contributed by atoms with Crippen LogP contribution < -0.4 is 20.1 Å². The van der Waals surface area contributed by atoms with Gasteiger partial charge in [0.05, 0.1) is 18.4 Å². The molecule has 5 amide bonds. The fraction of sp³-hybridized carbons (Fsp3) is 0.474. The second-order valence-electron chi connectivity index (χ2n) is 14.4. The van der Waals surface area contributed by atoms with E-state index in [2.05, 4.69) is 26.9 Å². The van der Waals surface area contributed by atoms with Crippen LogP contribution in [0.15, 0.2) is 61.3 Å². The number of aromatic nitrogens is 1. The Labute approximate surface area is 313 Å². The van der Waals surface area contributed by atoms with E-state index in [1.54, 1.807) is 18.3 Å². The minimum Gasteiger partial charge on any atom is -0.472 e. The van der Waals surface area contributed by atoms with Crippen LogP contribution >= 0.6 is 0 Å². The number of ether oxygens (including phenoxy) is 2. The molecule has 15 nitrogen and oxygen atoms in total. The quantitative estimate of drug-likeness (QED) is 0.308. The number of carbonyl (C=O) groups is 5.